The number of nitrogens with one attached hydrogen (secondary N) is 1. The van der Waals surface area contributed by atoms with E-state index in [1.807, 2.05) is 24.3 Å². The molecule has 2 fully saturated rings. The van der Waals surface area contributed by atoms with Crippen molar-refractivity contribution < 1.29 is 17.6 Å². The second kappa shape index (κ2) is 10.7. The van der Waals surface area contributed by atoms with Crippen LogP contribution >= 0.6 is 0 Å². The Labute approximate surface area is 213 Å². The lowest BCUT2D eigenvalue weighted by atomic mass is 9.83. The number of aryl methyl sites for hydroxylation is 1. The Morgan fingerprint density at radius 3 is 2.36 bits per heavy atom. The first-order valence-electron chi connectivity index (χ1n) is 12.7. The van der Waals surface area contributed by atoms with E-state index in [2.05, 4.69) is 50.2 Å². The van der Waals surface area contributed by atoms with Crippen molar-refractivity contribution in [2.45, 2.75) is 63.1 Å². The monoisotopic (exact) mass is 510 g/mol. The van der Waals surface area contributed by atoms with E-state index < -0.39 is 10.0 Å². The second-order valence-corrected chi connectivity index (χ2v) is 11.7. The number of hydrogen-bond donors (Lipinski definition) is 1. The average molecular weight is 511 g/mol. The fourth-order valence-electron chi connectivity index (χ4n) is 5.52. The van der Waals surface area contributed by atoms with Gasteiger partial charge in [0.05, 0.1) is 25.0 Å². The number of anilines is 1. The molecule has 2 aromatic carbocycles. The number of ether oxygens (including phenoxy) is 1. The molecule has 2 heterocycles. The van der Waals surface area contributed by atoms with Crippen LogP contribution in [-0.2, 0) is 14.8 Å². The molecule has 36 heavy (non-hydrogen) atoms. The van der Waals surface area contributed by atoms with Gasteiger partial charge >= 0.3 is 0 Å². The summed E-state index contributed by atoms with van der Waals surface area (Å²) in [5, 5.41) is 7.99. The van der Waals surface area contributed by atoms with Gasteiger partial charge in [-0.3, -0.25) is 0 Å². The molecule has 1 aromatic heterocycles. The Morgan fingerprint density at radius 1 is 1.00 bits per heavy atom. The summed E-state index contributed by atoms with van der Waals surface area (Å²) < 4.78 is 38.9. The normalized spacial score (nSPS) is 24.8. The fraction of sp³-hybridized carbons (Fsp3) is 0.481. The van der Waals surface area contributed by atoms with Crippen LogP contribution in [0, 0.1) is 6.92 Å². The van der Waals surface area contributed by atoms with Crippen LogP contribution in [0.5, 0.6) is 0 Å². The van der Waals surface area contributed by atoms with E-state index in [1.165, 1.54) is 11.8 Å². The summed E-state index contributed by atoms with van der Waals surface area (Å²) >= 11 is 0. The maximum Gasteiger partial charge on any atom is 0.247 e. The summed E-state index contributed by atoms with van der Waals surface area (Å²) in [5.41, 5.74) is 3.29. The number of benzene rings is 2. The lowest BCUT2D eigenvalue weighted by Gasteiger charge is -2.33. The van der Waals surface area contributed by atoms with Crippen LogP contribution in [0.4, 0.5) is 5.69 Å². The van der Waals surface area contributed by atoms with Crippen LogP contribution in [0.15, 0.2) is 59.0 Å². The molecule has 8 nitrogen and oxygen atoms in total. The third-order valence-electron chi connectivity index (χ3n) is 7.33. The average Bonchev–Trinajstić information content (AvgIpc) is 3.48. The van der Waals surface area contributed by atoms with Crippen molar-refractivity contribution in [1.29, 1.82) is 0 Å². The highest BCUT2D eigenvalue weighted by Gasteiger charge is 2.37. The first kappa shape index (κ1) is 24.9. The van der Waals surface area contributed by atoms with Gasteiger partial charge in [0.25, 0.3) is 0 Å². The maximum atomic E-state index is 12.1. The van der Waals surface area contributed by atoms with Gasteiger partial charge in [-0.05, 0) is 67.9 Å². The highest BCUT2D eigenvalue weighted by molar-refractivity contribution is 7.88. The van der Waals surface area contributed by atoms with Crippen molar-refractivity contribution in [3.63, 3.8) is 0 Å². The van der Waals surface area contributed by atoms with E-state index in [9.17, 15) is 8.42 Å². The molecule has 3 aromatic rings. The number of nitrogens with zero attached hydrogens (tertiary/aromatic N) is 3. The molecule has 0 amide bonds. The van der Waals surface area contributed by atoms with Crippen molar-refractivity contribution in [2.24, 2.45) is 0 Å². The van der Waals surface area contributed by atoms with Crippen molar-refractivity contribution in [2.75, 3.05) is 24.3 Å². The van der Waals surface area contributed by atoms with Gasteiger partial charge in [0.15, 0.2) is 0 Å². The molecule has 0 bridgehead atoms. The maximum absolute atomic E-state index is 12.1. The molecule has 192 valence electrons. The van der Waals surface area contributed by atoms with Gasteiger partial charge in [0.2, 0.25) is 21.8 Å². The van der Waals surface area contributed by atoms with Crippen LogP contribution in [0.3, 0.4) is 0 Å². The van der Waals surface area contributed by atoms with Gasteiger partial charge < -0.3 is 14.1 Å². The zero-order chi connectivity index (χ0) is 25.1. The van der Waals surface area contributed by atoms with Crippen LogP contribution in [0.1, 0.15) is 49.5 Å². The number of aromatic nitrogens is 2. The van der Waals surface area contributed by atoms with Crippen molar-refractivity contribution in [3.05, 3.63) is 66.1 Å². The predicted molar refractivity (Wildman–Crippen MR) is 139 cm³/mol. The van der Waals surface area contributed by atoms with Gasteiger partial charge in [-0.1, -0.05) is 30.3 Å². The number of hydrogen-bond acceptors (Lipinski definition) is 7. The summed E-state index contributed by atoms with van der Waals surface area (Å²) in [6.45, 7) is 3.00. The van der Waals surface area contributed by atoms with Gasteiger partial charge in [0, 0.05) is 30.8 Å². The van der Waals surface area contributed by atoms with E-state index in [-0.39, 0.29) is 18.2 Å². The molecule has 2 aliphatic rings. The molecule has 0 spiro atoms. The van der Waals surface area contributed by atoms with E-state index in [4.69, 9.17) is 9.15 Å². The largest absolute Gasteiger partial charge is 0.421 e. The van der Waals surface area contributed by atoms with Gasteiger partial charge in [-0.25, -0.2) is 13.1 Å². The minimum Gasteiger partial charge on any atom is -0.421 e. The standard InChI is InChI=1S/C27H34N4O4S/c1-19-28-29-27(35-19)22-8-12-23(13-9-22)31-17-16-25(30-36(2,32)33)26(31)18-34-24-14-10-21(11-15-24)20-6-4-3-5-7-20/h3-9,12-13,21,24-26,30H,10-11,14-18H2,1-2H3/t21-,24+,25-,26-/m0/s1. The van der Waals surface area contributed by atoms with E-state index in [0.29, 0.717) is 24.3 Å². The van der Waals surface area contributed by atoms with Crippen molar-refractivity contribution >= 4 is 15.7 Å². The summed E-state index contributed by atoms with van der Waals surface area (Å²) in [5.74, 6) is 1.61. The SMILES string of the molecule is Cc1nnc(-c2ccc(N3CC[C@H](NS(C)(=O)=O)[C@@H]3CO[C@H]3CC[C@@H](c4ccccc4)CC3)cc2)o1. The molecule has 0 radical (unpaired) electrons. The zero-order valence-electron chi connectivity index (χ0n) is 20.8. The van der Waals surface area contributed by atoms with Crippen LogP contribution in [-0.4, -0.2) is 56.2 Å². The van der Waals surface area contributed by atoms with E-state index >= 15 is 0 Å². The molecule has 1 saturated heterocycles. The lowest BCUT2D eigenvalue weighted by molar-refractivity contribution is 0.0157. The molecule has 9 heteroatoms. The van der Waals surface area contributed by atoms with Crippen LogP contribution in [0.25, 0.3) is 11.5 Å². The van der Waals surface area contributed by atoms with Crippen molar-refractivity contribution in [3.8, 4) is 11.5 Å². The summed E-state index contributed by atoms with van der Waals surface area (Å²) in [7, 11) is -3.33. The molecule has 1 aliphatic heterocycles. The molecule has 0 unspecified atom stereocenters. The van der Waals surface area contributed by atoms with Gasteiger partial charge in [-0.15, -0.1) is 10.2 Å². The summed E-state index contributed by atoms with van der Waals surface area (Å²) in [4.78, 5) is 2.25. The van der Waals surface area contributed by atoms with Crippen LogP contribution in [0.2, 0.25) is 0 Å². The second-order valence-electron chi connectivity index (χ2n) is 9.94. The molecule has 1 N–H and O–H groups in total. The van der Waals surface area contributed by atoms with Gasteiger partial charge in [-0.2, -0.15) is 0 Å². The molecule has 2 atom stereocenters. The van der Waals surface area contributed by atoms with Gasteiger partial charge in [0.1, 0.15) is 0 Å². The zero-order valence-corrected chi connectivity index (χ0v) is 21.7. The molecule has 5 rings (SSSR count). The topological polar surface area (TPSA) is 97.6 Å². The highest BCUT2D eigenvalue weighted by atomic mass is 32.2. The highest BCUT2D eigenvalue weighted by Crippen LogP contribution is 2.35. The Balaban J connectivity index is 1.25. The Kier molecular flexibility index (Phi) is 7.41. The number of rotatable bonds is 8. The quantitative estimate of drug-likeness (QED) is 0.483. The first-order valence-corrected chi connectivity index (χ1v) is 14.6. The molecule has 1 aliphatic carbocycles. The minimum atomic E-state index is -3.33. The first-order chi connectivity index (χ1) is 17.4. The Hall–Kier alpha value is -2.75. The fourth-order valence-corrected chi connectivity index (χ4v) is 6.35. The molecule has 1 saturated carbocycles. The molecular weight excluding hydrogens is 476 g/mol. The molecular formula is C27H34N4O4S. The smallest absolute Gasteiger partial charge is 0.247 e. The Bertz CT molecular complexity index is 1240. The predicted octanol–water partition coefficient (Wildman–Crippen LogP) is 4.28. The van der Waals surface area contributed by atoms with Crippen LogP contribution < -0.4 is 9.62 Å². The number of sulfonamides is 1. The minimum absolute atomic E-state index is 0.0805. The van der Waals surface area contributed by atoms with E-state index in [0.717, 1.165) is 49.9 Å². The Morgan fingerprint density at radius 2 is 1.72 bits per heavy atom. The van der Waals surface area contributed by atoms with E-state index in [1.54, 1.807) is 6.92 Å². The van der Waals surface area contributed by atoms with Crippen molar-refractivity contribution in [1.82, 2.24) is 14.9 Å². The summed E-state index contributed by atoms with van der Waals surface area (Å²) in [6.07, 6.45) is 6.43. The third kappa shape index (κ3) is 5.96. The summed E-state index contributed by atoms with van der Waals surface area (Å²) in [6, 6.07) is 18.4. The lowest BCUT2D eigenvalue weighted by Crippen LogP contribution is -2.48. The third-order valence-corrected chi connectivity index (χ3v) is 8.06.